The number of aryl methyl sites for hydroxylation is 1. The molecule has 6 heteroatoms. The number of nitrogens with zero attached hydrogens (tertiary/aromatic N) is 2. The molecular formula is C26H29N3O2S. The fourth-order valence-electron chi connectivity index (χ4n) is 5.46. The summed E-state index contributed by atoms with van der Waals surface area (Å²) >= 11 is 1.89. The molecule has 1 atom stereocenters. The number of rotatable bonds is 6. The average Bonchev–Trinajstić information content (AvgIpc) is 3.22. The number of unbranched alkanes of at least 4 members (excludes halogenated alkanes) is 1. The Kier molecular flexibility index (Phi) is 5.27. The molecule has 1 fully saturated rings. The highest BCUT2D eigenvalue weighted by molar-refractivity contribution is 7.17. The number of benzene rings is 2. The summed E-state index contributed by atoms with van der Waals surface area (Å²) in [5, 5.41) is 6.82. The lowest BCUT2D eigenvalue weighted by Crippen LogP contribution is -2.55. The summed E-state index contributed by atoms with van der Waals surface area (Å²) in [5.41, 5.74) is 5.10. The summed E-state index contributed by atoms with van der Waals surface area (Å²) in [5.74, 6) is 0.946. The zero-order valence-corrected chi connectivity index (χ0v) is 19.1. The standard InChI is InChI=1S/C26H29N3O2S/c30-25-9-7-18-6-8-21(15-22(18)27-25)31-13-2-1-10-28-11-12-29-20(16-28)14-19-17-32-24-5-3-4-23(29)26(19)24/h3-6,8,15,17,20H,1-2,7,9-14,16H2,(H,27,30). The zero-order chi connectivity index (χ0) is 21.5. The summed E-state index contributed by atoms with van der Waals surface area (Å²) in [6.45, 7) is 5.26. The fraction of sp³-hybridized carbons (Fsp3) is 0.423. The number of thiophene rings is 1. The van der Waals surface area contributed by atoms with Crippen molar-refractivity contribution in [3.05, 3.63) is 52.9 Å². The van der Waals surface area contributed by atoms with Crippen LogP contribution in [0.15, 0.2) is 41.8 Å². The molecule has 3 aliphatic rings. The number of piperazine rings is 1. The van der Waals surface area contributed by atoms with Crippen LogP contribution in [-0.4, -0.2) is 49.6 Å². The van der Waals surface area contributed by atoms with Gasteiger partial charge in [-0.1, -0.05) is 12.1 Å². The number of hydrogen-bond donors (Lipinski definition) is 1. The molecule has 5 nitrogen and oxygen atoms in total. The summed E-state index contributed by atoms with van der Waals surface area (Å²) in [4.78, 5) is 16.9. The molecule has 0 bridgehead atoms. The van der Waals surface area contributed by atoms with Crippen LogP contribution in [0.5, 0.6) is 5.75 Å². The lowest BCUT2D eigenvalue weighted by atomic mass is 9.94. The molecule has 3 aromatic rings. The van der Waals surface area contributed by atoms with Gasteiger partial charge in [0, 0.05) is 59.6 Å². The minimum Gasteiger partial charge on any atom is -0.494 e. The monoisotopic (exact) mass is 447 g/mol. The van der Waals surface area contributed by atoms with Crippen LogP contribution in [-0.2, 0) is 17.6 Å². The van der Waals surface area contributed by atoms with E-state index in [1.54, 1.807) is 5.56 Å². The quantitative estimate of drug-likeness (QED) is 0.557. The van der Waals surface area contributed by atoms with E-state index in [4.69, 9.17) is 4.74 Å². The van der Waals surface area contributed by atoms with Crippen LogP contribution in [0, 0.1) is 0 Å². The number of hydrogen-bond acceptors (Lipinski definition) is 5. The topological polar surface area (TPSA) is 44.8 Å². The van der Waals surface area contributed by atoms with Gasteiger partial charge in [0.15, 0.2) is 0 Å². The molecule has 4 heterocycles. The van der Waals surface area contributed by atoms with Gasteiger partial charge in [-0.25, -0.2) is 0 Å². The van der Waals surface area contributed by atoms with Crippen molar-refractivity contribution in [1.82, 2.24) is 4.90 Å². The predicted molar refractivity (Wildman–Crippen MR) is 131 cm³/mol. The van der Waals surface area contributed by atoms with Gasteiger partial charge in [0.05, 0.1) is 6.61 Å². The summed E-state index contributed by atoms with van der Waals surface area (Å²) in [7, 11) is 0. The molecule has 1 saturated heterocycles. The smallest absolute Gasteiger partial charge is 0.224 e. The van der Waals surface area contributed by atoms with E-state index < -0.39 is 0 Å². The van der Waals surface area contributed by atoms with Crippen molar-refractivity contribution >= 4 is 38.7 Å². The summed E-state index contributed by atoms with van der Waals surface area (Å²) < 4.78 is 7.40. The number of fused-ring (bicyclic) bond motifs is 3. The summed E-state index contributed by atoms with van der Waals surface area (Å²) in [6.07, 6.45) is 4.76. The first-order valence-corrected chi connectivity index (χ1v) is 12.7. The van der Waals surface area contributed by atoms with Gasteiger partial charge in [-0.2, -0.15) is 0 Å². The lowest BCUT2D eigenvalue weighted by molar-refractivity contribution is -0.116. The van der Waals surface area contributed by atoms with Crippen molar-refractivity contribution in [2.24, 2.45) is 0 Å². The van der Waals surface area contributed by atoms with E-state index in [0.29, 0.717) is 12.5 Å². The average molecular weight is 448 g/mol. The molecule has 6 rings (SSSR count). The maximum absolute atomic E-state index is 11.6. The molecule has 3 aliphatic heterocycles. The van der Waals surface area contributed by atoms with Crippen LogP contribution in [0.2, 0.25) is 0 Å². The van der Waals surface area contributed by atoms with Gasteiger partial charge >= 0.3 is 0 Å². The maximum atomic E-state index is 11.6. The molecule has 1 aromatic heterocycles. The van der Waals surface area contributed by atoms with Crippen LogP contribution in [0.1, 0.15) is 30.4 Å². The van der Waals surface area contributed by atoms with Crippen LogP contribution in [0.3, 0.4) is 0 Å². The first-order chi connectivity index (χ1) is 15.7. The van der Waals surface area contributed by atoms with Crippen molar-refractivity contribution < 1.29 is 9.53 Å². The van der Waals surface area contributed by atoms with Gasteiger partial charge in [-0.15, -0.1) is 11.3 Å². The second-order valence-corrected chi connectivity index (χ2v) is 10.1. The molecule has 2 aromatic carbocycles. The lowest BCUT2D eigenvalue weighted by Gasteiger charge is -2.45. The van der Waals surface area contributed by atoms with Crippen molar-refractivity contribution in [3.8, 4) is 5.75 Å². The molecular weight excluding hydrogens is 418 g/mol. The Labute approximate surface area is 193 Å². The maximum Gasteiger partial charge on any atom is 0.224 e. The molecule has 0 aliphatic carbocycles. The number of nitrogens with one attached hydrogen (secondary N) is 1. The van der Waals surface area contributed by atoms with Gasteiger partial charge in [0.25, 0.3) is 0 Å². The van der Waals surface area contributed by atoms with E-state index in [1.165, 1.54) is 27.8 Å². The first kappa shape index (κ1) is 20.1. The van der Waals surface area contributed by atoms with Crippen molar-refractivity contribution in [1.29, 1.82) is 0 Å². The molecule has 0 saturated carbocycles. The van der Waals surface area contributed by atoms with Gasteiger partial charge in [0.1, 0.15) is 5.75 Å². The normalized spacial score (nSPS) is 20.1. The largest absolute Gasteiger partial charge is 0.494 e. The predicted octanol–water partition coefficient (Wildman–Crippen LogP) is 4.69. The van der Waals surface area contributed by atoms with E-state index in [0.717, 1.165) is 63.5 Å². The van der Waals surface area contributed by atoms with E-state index in [2.05, 4.69) is 44.8 Å². The molecule has 166 valence electrons. The van der Waals surface area contributed by atoms with E-state index in [9.17, 15) is 4.79 Å². The third-order valence-electron chi connectivity index (χ3n) is 7.10. The highest BCUT2D eigenvalue weighted by atomic mass is 32.1. The van der Waals surface area contributed by atoms with E-state index >= 15 is 0 Å². The van der Waals surface area contributed by atoms with Crippen molar-refractivity contribution in [2.45, 2.75) is 38.1 Å². The van der Waals surface area contributed by atoms with Crippen LogP contribution in [0.4, 0.5) is 11.4 Å². The Balaban J connectivity index is 0.984. The van der Waals surface area contributed by atoms with Crippen LogP contribution in [0.25, 0.3) is 10.1 Å². The van der Waals surface area contributed by atoms with Gasteiger partial charge in [-0.3, -0.25) is 9.69 Å². The minimum absolute atomic E-state index is 0.0969. The highest BCUT2D eigenvalue weighted by Crippen LogP contribution is 2.40. The number of carbonyl (C=O) groups is 1. The number of amides is 1. The molecule has 0 spiro atoms. The van der Waals surface area contributed by atoms with Crippen LogP contribution < -0.4 is 15.0 Å². The van der Waals surface area contributed by atoms with Crippen molar-refractivity contribution in [3.63, 3.8) is 0 Å². The second kappa shape index (κ2) is 8.41. The van der Waals surface area contributed by atoms with Crippen molar-refractivity contribution in [2.75, 3.05) is 43.0 Å². The second-order valence-electron chi connectivity index (χ2n) is 9.19. The SMILES string of the molecule is O=C1CCc2ccc(OCCCCN3CCN4c5cccc6scc(c56)CC4C3)cc2N1. The zero-order valence-electron chi connectivity index (χ0n) is 18.3. The van der Waals surface area contributed by atoms with Gasteiger partial charge in [0.2, 0.25) is 5.91 Å². The Morgan fingerprint density at radius 3 is 3.03 bits per heavy atom. The Hall–Kier alpha value is -2.57. The number of carbonyl (C=O) groups excluding carboxylic acids is 1. The fourth-order valence-corrected chi connectivity index (χ4v) is 6.45. The van der Waals surface area contributed by atoms with Gasteiger partial charge < -0.3 is 15.0 Å². The van der Waals surface area contributed by atoms with Crippen LogP contribution >= 0.6 is 11.3 Å². The Bertz CT molecular complexity index is 1160. The van der Waals surface area contributed by atoms with E-state index in [1.807, 2.05) is 23.5 Å². The van der Waals surface area contributed by atoms with Gasteiger partial charge in [-0.05, 0) is 66.9 Å². The molecule has 0 radical (unpaired) electrons. The Morgan fingerprint density at radius 2 is 2.06 bits per heavy atom. The van der Waals surface area contributed by atoms with E-state index in [-0.39, 0.29) is 5.91 Å². The molecule has 32 heavy (non-hydrogen) atoms. The molecule has 1 N–H and O–H groups in total. The molecule has 1 unspecified atom stereocenters. The highest BCUT2D eigenvalue weighted by Gasteiger charge is 2.32. The Morgan fingerprint density at radius 1 is 1.09 bits per heavy atom. The summed E-state index contributed by atoms with van der Waals surface area (Å²) in [6, 6.07) is 13.4. The molecule has 1 amide bonds. The number of ether oxygens (including phenoxy) is 1. The minimum atomic E-state index is 0.0969. The first-order valence-electron chi connectivity index (χ1n) is 11.8. The third kappa shape index (κ3) is 3.76. The third-order valence-corrected chi connectivity index (χ3v) is 8.10. The number of anilines is 2.